The molecule has 2 rings (SSSR count). The molecule has 18 heavy (non-hydrogen) atoms. The minimum atomic E-state index is 0.620. The highest BCUT2D eigenvalue weighted by Crippen LogP contribution is 2.36. The molecular weight excluding hydrogens is 220 g/mol. The van der Waals surface area contributed by atoms with Crippen molar-refractivity contribution in [3.8, 4) is 11.8 Å². The van der Waals surface area contributed by atoms with E-state index >= 15 is 0 Å². The van der Waals surface area contributed by atoms with Crippen LogP contribution in [-0.4, -0.2) is 10.2 Å². The Kier molecular flexibility index (Phi) is 4.75. The maximum Gasteiger partial charge on any atom is 0.135 e. The quantitative estimate of drug-likeness (QED) is 0.751. The van der Waals surface area contributed by atoms with Crippen LogP contribution < -0.4 is 0 Å². The van der Waals surface area contributed by atoms with E-state index in [1.165, 1.54) is 38.5 Å². The molecule has 1 aromatic rings. The van der Waals surface area contributed by atoms with Gasteiger partial charge >= 0.3 is 0 Å². The summed E-state index contributed by atoms with van der Waals surface area (Å²) < 4.78 is 0. The van der Waals surface area contributed by atoms with Crippen LogP contribution in [-0.2, 0) is 0 Å². The van der Waals surface area contributed by atoms with Gasteiger partial charge in [-0.3, -0.25) is 0 Å². The first kappa shape index (κ1) is 13.1. The van der Waals surface area contributed by atoms with Gasteiger partial charge in [0.15, 0.2) is 0 Å². The molecule has 1 aromatic heterocycles. The van der Waals surface area contributed by atoms with Crippen LogP contribution in [0.1, 0.15) is 69.7 Å². The normalized spacial score (nSPS) is 23.2. The summed E-state index contributed by atoms with van der Waals surface area (Å²) in [6.45, 7) is 4.11. The molecule has 0 aromatic carbocycles. The van der Waals surface area contributed by atoms with Crippen molar-refractivity contribution in [1.29, 1.82) is 0 Å². The van der Waals surface area contributed by atoms with Gasteiger partial charge in [-0.1, -0.05) is 25.7 Å². The molecule has 0 unspecified atom stereocenters. The summed E-state index contributed by atoms with van der Waals surface area (Å²) >= 11 is 0. The molecule has 2 nitrogen and oxygen atoms in total. The summed E-state index contributed by atoms with van der Waals surface area (Å²) in [5.41, 5.74) is 1.94. The van der Waals surface area contributed by atoms with Gasteiger partial charge in [0, 0.05) is 5.92 Å². The molecule has 1 fully saturated rings. The largest absolute Gasteiger partial charge is 0.154 e. The van der Waals surface area contributed by atoms with Crippen molar-refractivity contribution >= 4 is 0 Å². The van der Waals surface area contributed by atoms with E-state index in [2.05, 4.69) is 35.0 Å². The van der Waals surface area contributed by atoms with Crippen molar-refractivity contribution in [3.05, 3.63) is 23.5 Å². The van der Waals surface area contributed by atoms with Gasteiger partial charge in [0.1, 0.15) is 5.69 Å². The first-order valence-corrected chi connectivity index (χ1v) is 7.09. The predicted molar refractivity (Wildman–Crippen MR) is 74.2 cm³/mol. The molecule has 0 N–H and O–H groups in total. The molecule has 0 aliphatic heterocycles. The lowest BCUT2D eigenvalue weighted by molar-refractivity contribution is 0.304. The van der Waals surface area contributed by atoms with Gasteiger partial charge in [0.05, 0.1) is 5.69 Å². The Balaban J connectivity index is 1.94. The molecule has 1 saturated carbocycles. The number of rotatable bonds is 3. The van der Waals surface area contributed by atoms with Crippen molar-refractivity contribution in [2.75, 3.05) is 0 Å². The van der Waals surface area contributed by atoms with Gasteiger partial charge in [-0.05, 0) is 56.6 Å². The van der Waals surface area contributed by atoms with E-state index < -0.39 is 0 Å². The molecule has 2 heteroatoms. The first-order chi connectivity index (χ1) is 8.83. The van der Waals surface area contributed by atoms with Gasteiger partial charge in [-0.25, -0.2) is 0 Å². The molecule has 96 valence electrons. The highest BCUT2D eigenvalue weighted by molar-refractivity contribution is 5.26. The van der Waals surface area contributed by atoms with Gasteiger partial charge in [0.25, 0.3) is 0 Å². The van der Waals surface area contributed by atoms with Crippen LogP contribution in [0.25, 0.3) is 0 Å². The van der Waals surface area contributed by atoms with E-state index in [0.717, 1.165) is 17.3 Å². The van der Waals surface area contributed by atoms with Crippen molar-refractivity contribution in [2.45, 2.75) is 58.3 Å². The summed E-state index contributed by atoms with van der Waals surface area (Å²) in [6, 6.07) is 4.11. The Labute approximate surface area is 110 Å². The summed E-state index contributed by atoms with van der Waals surface area (Å²) in [5, 5.41) is 8.51. The minimum absolute atomic E-state index is 0.620. The fourth-order valence-electron chi connectivity index (χ4n) is 2.91. The predicted octanol–water partition coefficient (Wildman–Crippen LogP) is 3.92. The van der Waals surface area contributed by atoms with Crippen molar-refractivity contribution in [1.82, 2.24) is 10.2 Å². The minimum Gasteiger partial charge on any atom is -0.154 e. The third-order valence-electron chi connectivity index (χ3n) is 3.90. The molecule has 1 heterocycles. The number of nitrogens with zero attached hydrogens (tertiary/aromatic N) is 2. The Morgan fingerprint density at radius 3 is 2.50 bits per heavy atom. The van der Waals surface area contributed by atoms with Crippen LogP contribution in [0.5, 0.6) is 0 Å². The maximum atomic E-state index is 4.34. The molecular formula is C16H22N2. The van der Waals surface area contributed by atoms with Crippen LogP contribution in [0.2, 0.25) is 0 Å². The van der Waals surface area contributed by atoms with Crippen LogP contribution in [0.4, 0.5) is 0 Å². The first-order valence-electron chi connectivity index (χ1n) is 7.09. The molecule has 0 bridgehead atoms. The number of aromatic nitrogens is 2. The summed E-state index contributed by atoms with van der Waals surface area (Å²) in [7, 11) is 0. The van der Waals surface area contributed by atoms with Crippen LogP contribution >= 0.6 is 0 Å². The van der Waals surface area contributed by atoms with Crippen LogP contribution in [0.3, 0.4) is 0 Å². The second kappa shape index (κ2) is 6.54. The molecule has 0 saturated heterocycles. The molecule has 0 spiro atoms. The number of hydrogen-bond acceptors (Lipinski definition) is 2. The van der Waals surface area contributed by atoms with E-state index in [0.29, 0.717) is 5.92 Å². The smallest absolute Gasteiger partial charge is 0.135 e. The van der Waals surface area contributed by atoms with Gasteiger partial charge in [0.2, 0.25) is 0 Å². The summed E-state index contributed by atoms with van der Waals surface area (Å²) in [4.78, 5) is 0. The highest BCUT2D eigenvalue weighted by Gasteiger charge is 2.22. The average molecular weight is 242 g/mol. The zero-order valence-corrected chi connectivity index (χ0v) is 11.4. The molecule has 1 aliphatic rings. The SMILES string of the molecule is CC#Cc1ccc(C2CCC(CCC)CC2)nn1. The molecule has 0 radical (unpaired) electrons. The average Bonchev–Trinajstić information content (AvgIpc) is 2.41. The van der Waals surface area contributed by atoms with Crippen molar-refractivity contribution in [2.24, 2.45) is 5.92 Å². The Morgan fingerprint density at radius 2 is 1.94 bits per heavy atom. The lowest BCUT2D eigenvalue weighted by Gasteiger charge is -2.27. The fourth-order valence-corrected chi connectivity index (χ4v) is 2.91. The van der Waals surface area contributed by atoms with Crippen molar-refractivity contribution in [3.63, 3.8) is 0 Å². The van der Waals surface area contributed by atoms with Gasteiger partial charge in [-0.2, -0.15) is 5.10 Å². The van der Waals surface area contributed by atoms with Gasteiger partial charge in [-0.15, -0.1) is 5.10 Å². The third-order valence-corrected chi connectivity index (χ3v) is 3.90. The number of hydrogen-bond donors (Lipinski definition) is 0. The summed E-state index contributed by atoms with van der Waals surface area (Å²) in [6.07, 6.45) is 7.98. The molecule has 1 aliphatic carbocycles. The van der Waals surface area contributed by atoms with E-state index in [-0.39, 0.29) is 0 Å². The van der Waals surface area contributed by atoms with E-state index in [9.17, 15) is 0 Å². The van der Waals surface area contributed by atoms with E-state index in [1.807, 2.05) is 13.0 Å². The van der Waals surface area contributed by atoms with Gasteiger partial charge < -0.3 is 0 Å². The molecule has 0 amide bonds. The lowest BCUT2D eigenvalue weighted by atomic mass is 9.79. The Bertz CT molecular complexity index is 417. The van der Waals surface area contributed by atoms with E-state index in [4.69, 9.17) is 0 Å². The standard InChI is InChI=1S/C16H22N2/c1-3-5-13-7-9-14(10-8-13)16-12-11-15(6-4-2)17-18-16/h11-14H,3,5,7-10H2,1-2H3. The second-order valence-corrected chi connectivity index (χ2v) is 5.22. The van der Waals surface area contributed by atoms with Crippen molar-refractivity contribution < 1.29 is 0 Å². The molecule has 0 atom stereocenters. The topological polar surface area (TPSA) is 25.8 Å². The zero-order chi connectivity index (χ0) is 12.8. The Hall–Kier alpha value is -1.36. The van der Waals surface area contributed by atoms with E-state index in [1.54, 1.807) is 0 Å². The highest BCUT2D eigenvalue weighted by atomic mass is 15.1. The Morgan fingerprint density at radius 1 is 1.17 bits per heavy atom. The zero-order valence-electron chi connectivity index (χ0n) is 11.4. The maximum absolute atomic E-state index is 4.34. The second-order valence-electron chi connectivity index (χ2n) is 5.22. The van der Waals surface area contributed by atoms with Crippen LogP contribution in [0, 0.1) is 17.8 Å². The van der Waals surface area contributed by atoms with Crippen LogP contribution in [0.15, 0.2) is 12.1 Å². The third kappa shape index (κ3) is 3.32. The summed E-state index contributed by atoms with van der Waals surface area (Å²) in [5.74, 6) is 7.36. The lowest BCUT2D eigenvalue weighted by Crippen LogP contribution is -2.14. The monoisotopic (exact) mass is 242 g/mol. The fraction of sp³-hybridized carbons (Fsp3) is 0.625.